The van der Waals surface area contributed by atoms with Gasteiger partial charge in [0.1, 0.15) is 0 Å². The summed E-state index contributed by atoms with van der Waals surface area (Å²) < 4.78 is 5.04. The molecule has 0 bridgehead atoms. The van der Waals surface area contributed by atoms with Crippen molar-refractivity contribution in [2.75, 3.05) is 30.3 Å². The fourth-order valence-electron chi connectivity index (χ4n) is 2.53. The quantitative estimate of drug-likeness (QED) is 0.672. The molecule has 2 rings (SSSR count). The van der Waals surface area contributed by atoms with E-state index in [0.29, 0.717) is 17.9 Å². The Morgan fingerprint density at radius 2 is 1.95 bits per heavy atom. The Morgan fingerprint density at radius 1 is 1.26 bits per heavy atom. The van der Waals surface area contributed by atoms with E-state index in [1.54, 1.807) is 13.0 Å². The number of ether oxygens (including phenoxy) is 1. The molecule has 4 heteroatoms. The number of esters is 1. The van der Waals surface area contributed by atoms with E-state index >= 15 is 0 Å². The average molecular weight is 262 g/mol. The minimum absolute atomic E-state index is 0.336. The molecule has 0 amide bonds. The molecule has 0 aromatic heterocycles. The number of carbonyl (C=O) groups is 1. The van der Waals surface area contributed by atoms with E-state index in [4.69, 9.17) is 10.5 Å². The van der Waals surface area contributed by atoms with Crippen LogP contribution in [-0.2, 0) is 4.74 Å². The van der Waals surface area contributed by atoms with Crippen LogP contribution in [0, 0.1) is 0 Å². The fourth-order valence-corrected chi connectivity index (χ4v) is 2.53. The molecule has 1 heterocycles. The van der Waals surface area contributed by atoms with Crippen LogP contribution in [0.15, 0.2) is 18.2 Å². The highest BCUT2D eigenvalue weighted by atomic mass is 16.5. The molecule has 1 aliphatic heterocycles. The van der Waals surface area contributed by atoms with Crippen LogP contribution in [0.2, 0.25) is 0 Å². The van der Waals surface area contributed by atoms with Crippen LogP contribution in [0.4, 0.5) is 11.4 Å². The number of nitrogens with two attached hydrogens (primary N) is 1. The maximum atomic E-state index is 11.8. The summed E-state index contributed by atoms with van der Waals surface area (Å²) in [5, 5.41) is 0. The van der Waals surface area contributed by atoms with Gasteiger partial charge in [0.15, 0.2) is 0 Å². The number of anilines is 2. The molecular formula is C15H22N2O2. The molecule has 1 aliphatic rings. The predicted molar refractivity (Wildman–Crippen MR) is 77.5 cm³/mol. The molecule has 0 unspecified atom stereocenters. The molecule has 1 aromatic rings. The van der Waals surface area contributed by atoms with Gasteiger partial charge < -0.3 is 15.4 Å². The Labute approximate surface area is 114 Å². The lowest BCUT2D eigenvalue weighted by Gasteiger charge is -2.25. The van der Waals surface area contributed by atoms with Gasteiger partial charge in [-0.15, -0.1) is 0 Å². The summed E-state index contributed by atoms with van der Waals surface area (Å²) >= 11 is 0. The molecule has 0 radical (unpaired) electrons. The van der Waals surface area contributed by atoms with Gasteiger partial charge in [-0.1, -0.05) is 18.9 Å². The van der Waals surface area contributed by atoms with E-state index in [2.05, 4.69) is 4.90 Å². The summed E-state index contributed by atoms with van der Waals surface area (Å²) in [5.74, 6) is -0.336. The molecule has 104 valence electrons. The summed E-state index contributed by atoms with van der Waals surface area (Å²) in [7, 11) is 0. The van der Waals surface area contributed by atoms with Crippen molar-refractivity contribution in [1.82, 2.24) is 0 Å². The van der Waals surface area contributed by atoms with E-state index in [0.717, 1.165) is 18.8 Å². The highest BCUT2D eigenvalue weighted by molar-refractivity contribution is 5.98. The molecular weight excluding hydrogens is 240 g/mol. The lowest BCUT2D eigenvalue weighted by molar-refractivity contribution is 0.0527. The molecule has 1 saturated heterocycles. The van der Waals surface area contributed by atoms with Crippen LogP contribution in [0.1, 0.15) is 43.0 Å². The third-order valence-electron chi connectivity index (χ3n) is 3.53. The average Bonchev–Trinajstić information content (AvgIpc) is 2.68. The third-order valence-corrected chi connectivity index (χ3v) is 3.53. The molecule has 19 heavy (non-hydrogen) atoms. The number of nitrogens with zero attached hydrogens (tertiary/aromatic N) is 1. The zero-order valence-electron chi connectivity index (χ0n) is 11.5. The first-order chi connectivity index (χ1) is 9.24. The minimum Gasteiger partial charge on any atom is -0.462 e. The third kappa shape index (κ3) is 3.19. The van der Waals surface area contributed by atoms with Crippen LogP contribution in [0.5, 0.6) is 0 Å². The van der Waals surface area contributed by atoms with E-state index in [-0.39, 0.29) is 5.97 Å². The van der Waals surface area contributed by atoms with Crippen molar-refractivity contribution in [3.8, 4) is 0 Å². The molecule has 1 fully saturated rings. The van der Waals surface area contributed by atoms with Crippen molar-refractivity contribution >= 4 is 17.3 Å². The number of carbonyl (C=O) groups excluding carboxylic acids is 1. The summed E-state index contributed by atoms with van der Waals surface area (Å²) in [6, 6.07) is 5.60. The van der Waals surface area contributed by atoms with Crippen molar-refractivity contribution in [3.63, 3.8) is 0 Å². The molecule has 0 aliphatic carbocycles. The van der Waals surface area contributed by atoms with Gasteiger partial charge in [-0.2, -0.15) is 0 Å². The molecule has 0 atom stereocenters. The second-order valence-corrected chi connectivity index (χ2v) is 4.86. The second kappa shape index (κ2) is 6.45. The van der Waals surface area contributed by atoms with Crippen LogP contribution in [0.25, 0.3) is 0 Å². The summed E-state index contributed by atoms with van der Waals surface area (Å²) in [6.45, 7) is 4.19. The minimum atomic E-state index is -0.336. The van der Waals surface area contributed by atoms with Gasteiger partial charge in [0, 0.05) is 13.1 Å². The van der Waals surface area contributed by atoms with Gasteiger partial charge in [0.05, 0.1) is 23.5 Å². The summed E-state index contributed by atoms with van der Waals surface area (Å²) in [6.07, 6.45) is 4.91. The summed E-state index contributed by atoms with van der Waals surface area (Å²) in [4.78, 5) is 14.1. The molecule has 0 spiro atoms. The Bertz CT molecular complexity index is 438. The lowest BCUT2D eigenvalue weighted by Crippen LogP contribution is -2.25. The first-order valence-corrected chi connectivity index (χ1v) is 7.04. The summed E-state index contributed by atoms with van der Waals surface area (Å²) in [5.41, 5.74) is 8.14. The topological polar surface area (TPSA) is 55.6 Å². The normalized spacial score (nSPS) is 15.9. The maximum absolute atomic E-state index is 11.8. The largest absolute Gasteiger partial charge is 0.462 e. The van der Waals surface area contributed by atoms with Crippen LogP contribution in [0.3, 0.4) is 0 Å². The van der Waals surface area contributed by atoms with Gasteiger partial charge in [-0.05, 0) is 31.9 Å². The number of rotatable bonds is 3. The predicted octanol–water partition coefficient (Wildman–Crippen LogP) is 2.83. The Hall–Kier alpha value is -1.71. The lowest BCUT2D eigenvalue weighted by atomic mass is 10.1. The Morgan fingerprint density at radius 3 is 2.58 bits per heavy atom. The number of hydrogen-bond acceptors (Lipinski definition) is 4. The highest BCUT2D eigenvalue weighted by Crippen LogP contribution is 2.29. The second-order valence-electron chi connectivity index (χ2n) is 4.86. The first-order valence-electron chi connectivity index (χ1n) is 7.04. The van der Waals surface area contributed by atoms with Crippen molar-refractivity contribution < 1.29 is 9.53 Å². The molecule has 4 nitrogen and oxygen atoms in total. The van der Waals surface area contributed by atoms with Crippen molar-refractivity contribution in [1.29, 1.82) is 0 Å². The highest BCUT2D eigenvalue weighted by Gasteiger charge is 2.18. The van der Waals surface area contributed by atoms with Crippen LogP contribution >= 0.6 is 0 Å². The maximum Gasteiger partial charge on any atom is 0.340 e. The van der Waals surface area contributed by atoms with Crippen LogP contribution in [-0.4, -0.2) is 25.7 Å². The zero-order chi connectivity index (χ0) is 13.7. The molecule has 0 saturated carbocycles. The number of benzene rings is 1. The zero-order valence-corrected chi connectivity index (χ0v) is 11.5. The van der Waals surface area contributed by atoms with Gasteiger partial charge in [-0.25, -0.2) is 4.79 Å². The van der Waals surface area contributed by atoms with E-state index < -0.39 is 0 Å². The van der Waals surface area contributed by atoms with Gasteiger partial charge in [0.25, 0.3) is 0 Å². The smallest absolute Gasteiger partial charge is 0.340 e. The molecule has 2 N–H and O–H groups in total. The van der Waals surface area contributed by atoms with E-state index in [1.165, 1.54) is 25.7 Å². The fraction of sp³-hybridized carbons (Fsp3) is 0.533. The standard InChI is InChI=1S/C15H22N2O2/c1-2-19-15(18)12-8-7-9-13(14(12)16)17-10-5-3-4-6-11-17/h7-9H,2-6,10-11,16H2,1H3. The van der Waals surface area contributed by atoms with Gasteiger partial charge in [0.2, 0.25) is 0 Å². The number of hydrogen-bond donors (Lipinski definition) is 1. The Kier molecular flexibility index (Phi) is 4.66. The van der Waals surface area contributed by atoms with E-state index in [9.17, 15) is 4.79 Å². The van der Waals surface area contributed by atoms with Crippen molar-refractivity contribution in [2.45, 2.75) is 32.6 Å². The Balaban J connectivity index is 2.25. The van der Waals surface area contributed by atoms with E-state index in [1.807, 2.05) is 12.1 Å². The van der Waals surface area contributed by atoms with Crippen molar-refractivity contribution in [3.05, 3.63) is 23.8 Å². The van der Waals surface area contributed by atoms with Gasteiger partial charge >= 0.3 is 5.97 Å². The monoisotopic (exact) mass is 262 g/mol. The number of para-hydroxylation sites is 1. The van der Waals surface area contributed by atoms with Crippen LogP contribution < -0.4 is 10.6 Å². The first kappa shape index (κ1) is 13.7. The molecule has 1 aromatic carbocycles. The van der Waals surface area contributed by atoms with Gasteiger partial charge in [-0.3, -0.25) is 0 Å². The number of nitrogen functional groups attached to an aromatic ring is 1. The van der Waals surface area contributed by atoms with Crippen molar-refractivity contribution in [2.24, 2.45) is 0 Å². The SMILES string of the molecule is CCOC(=O)c1cccc(N2CCCCCC2)c1N.